The summed E-state index contributed by atoms with van der Waals surface area (Å²) in [5, 5.41) is 7.48. The third-order valence-electron chi connectivity index (χ3n) is 2.54. The average Bonchev–Trinajstić information content (AvgIpc) is 2.70. The van der Waals surface area contributed by atoms with Crippen LogP contribution in [-0.2, 0) is 20.1 Å². The molecule has 0 saturated carbocycles. The van der Waals surface area contributed by atoms with Crippen LogP contribution in [0.3, 0.4) is 0 Å². The minimum Gasteiger partial charge on any atom is -0.307 e. The Balaban J connectivity index is 1.90. The van der Waals surface area contributed by atoms with Crippen LogP contribution >= 0.6 is 11.6 Å². The number of benzene rings is 1. The quantitative estimate of drug-likeness (QED) is 0.907. The van der Waals surface area contributed by atoms with Gasteiger partial charge < -0.3 is 5.32 Å². The van der Waals surface area contributed by atoms with Crippen molar-refractivity contribution in [3.8, 4) is 0 Å². The molecule has 0 unspecified atom stereocenters. The van der Waals surface area contributed by atoms with E-state index in [0.29, 0.717) is 13.1 Å². The third kappa shape index (κ3) is 3.05. The molecule has 2 rings (SSSR count). The standard InChI is InChI=1S/C12H13ClFN3/c1-17-10(4-5-16-17)8-15-7-9-2-3-12(14)11(13)6-9/h2-6,15H,7-8H2,1H3. The van der Waals surface area contributed by atoms with Gasteiger partial charge in [-0.05, 0) is 23.8 Å². The average molecular weight is 254 g/mol. The van der Waals surface area contributed by atoms with Crippen molar-refractivity contribution in [2.75, 3.05) is 0 Å². The van der Waals surface area contributed by atoms with Crippen LogP contribution in [0, 0.1) is 5.82 Å². The van der Waals surface area contributed by atoms with Gasteiger partial charge in [-0.3, -0.25) is 4.68 Å². The van der Waals surface area contributed by atoms with Crippen molar-refractivity contribution < 1.29 is 4.39 Å². The molecule has 2 aromatic rings. The third-order valence-corrected chi connectivity index (χ3v) is 2.83. The molecule has 1 heterocycles. The summed E-state index contributed by atoms with van der Waals surface area (Å²) < 4.78 is 14.7. The molecule has 0 fully saturated rings. The highest BCUT2D eigenvalue weighted by atomic mass is 35.5. The Labute approximate surface area is 104 Å². The fourth-order valence-corrected chi connectivity index (χ4v) is 1.76. The molecule has 1 aromatic carbocycles. The number of aromatic nitrogens is 2. The van der Waals surface area contributed by atoms with Crippen LogP contribution < -0.4 is 5.32 Å². The van der Waals surface area contributed by atoms with Gasteiger partial charge in [0.05, 0.1) is 10.7 Å². The van der Waals surface area contributed by atoms with Crippen LogP contribution in [-0.4, -0.2) is 9.78 Å². The van der Waals surface area contributed by atoms with Crippen LogP contribution in [0.15, 0.2) is 30.5 Å². The highest BCUT2D eigenvalue weighted by molar-refractivity contribution is 6.30. The lowest BCUT2D eigenvalue weighted by Gasteiger charge is -2.06. The Morgan fingerprint density at radius 3 is 2.82 bits per heavy atom. The van der Waals surface area contributed by atoms with E-state index < -0.39 is 0 Å². The number of nitrogens with one attached hydrogen (secondary N) is 1. The monoisotopic (exact) mass is 253 g/mol. The SMILES string of the molecule is Cn1nccc1CNCc1ccc(F)c(Cl)c1. The predicted octanol–water partition coefficient (Wildman–Crippen LogP) is 2.50. The lowest BCUT2D eigenvalue weighted by molar-refractivity contribution is 0.617. The maximum Gasteiger partial charge on any atom is 0.141 e. The lowest BCUT2D eigenvalue weighted by Crippen LogP contribution is -2.15. The summed E-state index contributed by atoms with van der Waals surface area (Å²) in [4.78, 5) is 0. The normalized spacial score (nSPS) is 10.8. The number of aryl methyl sites for hydroxylation is 1. The van der Waals surface area contributed by atoms with Gasteiger partial charge >= 0.3 is 0 Å². The zero-order valence-electron chi connectivity index (χ0n) is 9.45. The highest BCUT2D eigenvalue weighted by Gasteiger charge is 2.01. The summed E-state index contributed by atoms with van der Waals surface area (Å²) in [6.07, 6.45) is 1.76. The van der Waals surface area contributed by atoms with Crippen molar-refractivity contribution in [3.63, 3.8) is 0 Å². The Bertz CT molecular complexity index is 510. The van der Waals surface area contributed by atoms with Crippen molar-refractivity contribution >= 4 is 11.6 Å². The minimum absolute atomic E-state index is 0.157. The van der Waals surface area contributed by atoms with Crippen LogP contribution in [0.4, 0.5) is 4.39 Å². The van der Waals surface area contributed by atoms with Gasteiger partial charge in [0.25, 0.3) is 0 Å². The van der Waals surface area contributed by atoms with E-state index in [1.807, 2.05) is 17.8 Å². The fraction of sp³-hybridized carbons (Fsp3) is 0.250. The van der Waals surface area contributed by atoms with Crippen molar-refractivity contribution in [2.24, 2.45) is 7.05 Å². The molecule has 3 nitrogen and oxygen atoms in total. The van der Waals surface area contributed by atoms with Gasteiger partial charge in [0.2, 0.25) is 0 Å². The van der Waals surface area contributed by atoms with Crippen LogP contribution in [0.1, 0.15) is 11.3 Å². The van der Waals surface area contributed by atoms with Crippen LogP contribution in [0.25, 0.3) is 0 Å². The first-order valence-corrected chi connectivity index (χ1v) is 5.66. The molecule has 17 heavy (non-hydrogen) atoms. The van der Waals surface area contributed by atoms with Crippen molar-refractivity contribution in [3.05, 3.63) is 52.6 Å². The van der Waals surface area contributed by atoms with E-state index in [-0.39, 0.29) is 10.8 Å². The largest absolute Gasteiger partial charge is 0.307 e. The summed E-state index contributed by atoms with van der Waals surface area (Å²) >= 11 is 5.70. The number of rotatable bonds is 4. The molecule has 0 saturated heterocycles. The van der Waals surface area contributed by atoms with Gasteiger partial charge in [-0.15, -0.1) is 0 Å². The first kappa shape index (κ1) is 12.1. The Kier molecular flexibility index (Phi) is 3.76. The maximum atomic E-state index is 12.9. The van der Waals surface area contributed by atoms with E-state index in [9.17, 15) is 4.39 Å². The van der Waals surface area contributed by atoms with E-state index in [1.54, 1.807) is 18.3 Å². The summed E-state index contributed by atoms with van der Waals surface area (Å²) in [7, 11) is 1.89. The van der Waals surface area contributed by atoms with Gasteiger partial charge in [-0.2, -0.15) is 5.10 Å². The molecule has 0 bridgehead atoms. The zero-order chi connectivity index (χ0) is 12.3. The number of hydrogen-bond acceptors (Lipinski definition) is 2. The summed E-state index contributed by atoms with van der Waals surface area (Å²) in [6, 6.07) is 6.68. The van der Waals surface area contributed by atoms with Crippen LogP contribution in [0.5, 0.6) is 0 Å². The van der Waals surface area contributed by atoms with Crippen molar-refractivity contribution in [1.82, 2.24) is 15.1 Å². The molecule has 90 valence electrons. The molecule has 0 atom stereocenters. The van der Waals surface area contributed by atoms with Gasteiger partial charge in [-0.1, -0.05) is 17.7 Å². The fourth-order valence-electron chi connectivity index (χ4n) is 1.56. The second-order valence-corrected chi connectivity index (χ2v) is 4.21. The molecule has 0 radical (unpaired) electrons. The number of halogens is 2. The zero-order valence-corrected chi connectivity index (χ0v) is 10.2. The Hall–Kier alpha value is -1.39. The van der Waals surface area contributed by atoms with Crippen molar-refractivity contribution in [1.29, 1.82) is 0 Å². The molecule has 0 spiro atoms. The number of hydrogen-bond donors (Lipinski definition) is 1. The predicted molar refractivity (Wildman–Crippen MR) is 65.2 cm³/mol. The summed E-state index contributed by atoms with van der Waals surface area (Å²) in [6.45, 7) is 1.36. The molecular weight excluding hydrogens is 241 g/mol. The second-order valence-electron chi connectivity index (χ2n) is 3.80. The molecule has 0 aliphatic carbocycles. The molecular formula is C12H13ClFN3. The molecule has 0 aliphatic rings. The second kappa shape index (κ2) is 5.29. The first-order chi connectivity index (χ1) is 8.16. The molecule has 1 N–H and O–H groups in total. The first-order valence-electron chi connectivity index (χ1n) is 5.28. The smallest absolute Gasteiger partial charge is 0.141 e. The highest BCUT2D eigenvalue weighted by Crippen LogP contribution is 2.15. The summed E-state index contributed by atoms with van der Waals surface area (Å²) in [5.41, 5.74) is 2.05. The Morgan fingerprint density at radius 2 is 2.18 bits per heavy atom. The van der Waals surface area contributed by atoms with E-state index >= 15 is 0 Å². The van der Waals surface area contributed by atoms with Gasteiger partial charge in [-0.25, -0.2) is 4.39 Å². The molecule has 0 aliphatic heterocycles. The van der Waals surface area contributed by atoms with Gasteiger partial charge in [0, 0.05) is 26.3 Å². The lowest BCUT2D eigenvalue weighted by atomic mass is 10.2. The topological polar surface area (TPSA) is 29.9 Å². The van der Waals surface area contributed by atoms with E-state index in [4.69, 9.17) is 11.6 Å². The minimum atomic E-state index is -0.387. The van der Waals surface area contributed by atoms with E-state index in [2.05, 4.69) is 10.4 Å². The molecule has 5 heteroatoms. The Morgan fingerprint density at radius 1 is 1.35 bits per heavy atom. The molecule has 1 aromatic heterocycles. The summed E-state index contributed by atoms with van der Waals surface area (Å²) in [5.74, 6) is -0.387. The maximum absolute atomic E-state index is 12.9. The van der Waals surface area contributed by atoms with Crippen LogP contribution in [0.2, 0.25) is 5.02 Å². The van der Waals surface area contributed by atoms with Gasteiger partial charge in [0.1, 0.15) is 5.82 Å². The van der Waals surface area contributed by atoms with Crippen molar-refractivity contribution in [2.45, 2.75) is 13.1 Å². The van der Waals surface area contributed by atoms with E-state index in [1.165, 1.54) is 6.07 Å². The molecule has 0 amide bonds. The van der Waals surface area contributed by atoms with Gasteiger partial charge in [0.15, 0.2) is 0 Å². The number of nitrogens with zero attached hydrogens (tertiary/aromatic N) is 2. The van der Waals surface area contributed by atoms with E-state index in [0.717, 1.165) is 11.3 Å².